The van der Waals surface area contributed by atoms with Crippen LogP contribution in [0.4, 0.5) is 4.79 Å². The molecule has 15 heteroatoms. The number of fused-ring (bicyclic) bond motifs is 5. The first-order valence-electron chi connectivity index (χ1n) is 28.5. The van der Waals surface area contributed by atoms with Gasteiger partial charge in [0, 0.05) is 31.6 Å². The largest absolute Gasteiger partial charge is 0.461 e. The predicted octanol–water partition coefficient (Wildman–Crippen LogP) is 11.6. The maximum absolute atomic E-state index is 15.8. The van der Waals surface area contributed by atoms with Crippen LogP contribution in [-0.2, 0) is 47.6 Å². The number of Topliss-reactive ketones (excluding diaryl/α,β-unsaturated/α-hetero) is 1. The number of amides is 1. The number of hydrogen-bond donors (Lipinski definition) is 3. The zero-order valence-electron chi connectivity index (χ0n) is 48.9. The molecule has 6 rings (SSSR count). The fourth-order valence-corrected chi connectivity index (χ4v) is 12.0. The Morgan fingerprint density at radius 2 is 1.33 bits per heavy atom. The number of aliphatic hydroxyl groups excluding tert-OH is 1. The van der Waals surface area contributed by atoms with Gasteiger partial charge in [0.25, 0.3) is 0 Å². The number of rotatable bonds is 23. The van der Waals surface area contributed by atoms with Crippen LogP contribution in [0.1, 0.15) is 155 Å². The van der Waals surface area contributed by atoms with E-state index in [1.54, 1.807) is 97.0 Å². The van der Waals surface area contributed by atoms with Crippen molar-refractivity contribution in [1.29, 1.82) is 0 Å². The van der Waals surface area contributed by atoms with Gasteiger partial charge in [0.1, 0.15) is 41.7 Å². The van der Waals surface area contributed by atoms with Crippen LogP contribution in [0.2, 0.25) is 0 Å². The van der Waals surface area contributed by atoms with Crippen LogP contribution in [0.25, 0.3) is 0 Å². The molecular weight excluding hydrogens is 1030 g/mol. The van der Waals surface area contributed by atoms with Gasteiger partial charge in [-0.3, -0.25) is 19.2 Å². The van der Waals surface area contributed by atoms with E-state index in [9.17, 15) is 34.2 Å². The molecule has 0 spiro atoms. The number of hydrogen-bond acceptors (Lipinski definition) is 14. The van der Waals surface area contributed by atoms with Crippen LogP contribution in [-0.4, -0.2) is 99.9 Å². The number of benzene rings is 2. The third kappa shape index (κ3) is 14.9. The third-order valence-corrected chi connectivity index (χ3v) is 16.2. The first-order valence-corrected chi connectivity index (χ1v) is 28.5. The van der Waals surface area contributed by atoms with E-state index in [0.29, 0.717) is 18.4 Å². The molecule has 1 heterocycles. The van der Waals surface area contributed by atoms with Crippen molar-refractivity contribution in [2.24, 2.45) is 22.7 Å². The van der Waals surface area contributed by atoms with Gasteiger partial charge in [0.15, 0.2) is 11.4 Å². The van der Waals surface area contributed by atoms with Gasteiger partial charge in [-0.25, -0.2) is 9.59 Å². The van der Waals surface area contributed by atoms with Crippen molar-refractivity contribution in [3.8, 4) is 0 Å². The number of carbonyl (C=O) groups excluding carboxylic acids is 6. The fourth-order valence-electron chi connectivity index (χ4n) is 12.0. The van der Waals surface area contributed by atoms with E-state index < -0.39 is 118 Å². The summed E-state index contributed by atoms with van der Waals surface area (Å²) in [5.41, 5.74) is -7.76. The minimum absolute atomic E-state index is 0.00475. The average Bonchev–Trinajstić information content (AvgIpc) is 1.08. The Morgan fingerprint density at radius 1 is 0.790 bits per heavy atom. The van der Waals surface area contributed by atoms with Crippen molar-refractivity contribution in [3.05, 3.63) is 156 Å². The predicted molar refractivity (Wildman–Crippen MR) is 308 cm³/mol. The highest BCUT2D eigenvalue weighted by atomic mass is 16.6. The molecule has 3 fully saturated rings. The average molecular weight is 1120 g/mol. The van der Waals surface area contributed by atoms with E-state index in [-0.39, 0.29) is 36.2 Å². The van der Waals surface area contributed by atoms with Crippen molar-refractivity contribution in [3.63, 3.8) is 0 Å². The summed E-state index contributed by atoms with van der Waals surface area (Å²) in [6.45, 7) is 16.0. The van der Waals surface area contributed by atoms with Gasteiger partial charge in [-0.15, -0.1) is 0 Å². The number of allylic oxidation sites excluding steroid dienone is 12. The topological polar surface area (TPSA) is 210 Å². The second-order valence-corrected chi connectivity index (χ2v) is 23.3. The SMILES string of the molecule is CC/C=C\C/C=C\C/C=C\C/C=C\C/C=C\C/C=C\CCC(=O)O[C@H]1C[C@H]2OC[C@@]2(OC(C)=O)[C@H]2[C@H](OC(=O)c3ccccc3)[C@]3(O)CC(OC(=O)C(C)[C@H](NC(=O)OC(C)(C)C)c4ccccc4)C(C)=C([C@@H](O)C(=O)[C@]12C)C3(C)C. The standard InChI is InChI=1S/C66H85NO14/c1-11-12-13-14-15-16-17-18-19-20-21-22-23-24-25-26-27-28-35-40-52(69)78-50-41-51-65(43-76-51,80-46(4)68)56-58(79-60(73)48-38-33-30-34-39-48)66(75)42-49(44(2)53(63(66,8)9)55(70)57(71)64(50,56)10)77-59(72)45(3)54(47-36-31-29-32-37-47)67-61(74)81-62(5,6)7/h12-13,15-16,18-19,21-22,24-25,27-34,36-39,45,49-51,54-56,58,70,75H,11,14,17,20,23,26,35,40-43H2,1-10H3,(H,67,74)/b13-12-,16-15-,19-18-,22-21-,25-24-,28-27-/t45?,49?,50-,51+,54-,55+,56-,58-,64+,65-,66+/m0/s1. The van der Waals surface area contributed by atoms with Gasteiger partial charge < -0.3 is 44.0 Å². The summed E-state index contributed by atoms with van der Waals surface area (Å²) in [4.78, 5) is 85.8. The van der Waals surface area contributed by atoms with Gasteiger partial charge >= 0.3 is 30.0 Å². The second kappa shape index (κ2) is 27.9. The lowest BCUT2D eigenvalue weighted by molar-refractivity contribution is -0.346. The third-order valence-electron chi connectivity index (χ3n) is 16.2. The zero-order valence-corrected chi connectivity index (χ0v) is 48.9. The summed E-state index contributed by atoms with van der Waals surface area (Å²) >= 11 is 0. The molecule has 2 unspecified atom stereocenters. The van der Waals surface area contributed by atoms with Crippen LogP contribution in [0.3, 0.4) is 0 Å². The first-order chi connectivity index (χ1) is 38.4. The molecule has 1 saturated heterocycles. The van der Waals surface area contributed by atoms with Gasteiger partial charge in [-0.1, -0.05) is 142 Å². The molecule has 2 saturated carbocycles. The maximum Gasteiger partial charge on any atom is 0.408 e. The number of aliphatic hydroxyl groups is 2. The Balaban J connectivity index is 1.29. The quantitative estimate of drug-likeness (QED) is 0.0537. The molecule has 2 bridgehead atoms. The zero-order chi connectivity index (χ0) is 59.2. The summed E-state index contributed by atoms with van der Waals surface area (Å²) in [6, 6.07) is 15.8. The molecule has 2 aromatic carbocycles. The Hall–Kier alpha value is -6.68. The summed E-state index contributed by atoms with van der Waals surface area (Å²) in [6.07, 6.45) is 21.6. The molecule has 4 aliphatic rings. The van der Waals surface area contributed by atoms with Crippen molar-refractivity contribution < 1.29 is 67.4 Å². The van der Waals surface area contributed by atoms with Crippen LogP contribution in [0.15, 0.2) is 145 Å². The molecule has 81 heavy (non-hydrogen) atoms. The van der Waals surface area contributed by atoms with E-state index in [1.165, 1.54) is 26.0 Å². The van der Waals surface area contributed by atoms with Crippen molar-refractivity contribution in [1.82, 2.24) is 5.32 Å². The van der Waals surface area contributed by atoms with E-state index in [1.807, 2.05) is 18.2 Å². The Morgan fingerprint density at radius 3 is 1.85 bits per heavy atom. The lowest BCUT2D eigenvalue weighted by Crippen LogP contribution is -2.82. The van der Waals surface area contributed by atoms with Crippen molar-refractivity contribution >= 4 is 35.8 Å². The van der Waals surface area contributed by atoms with Gasteiger partial charge in [0.05, 0.1) is 35.5 Å². The van der Waals surface area contributed by atoms with Crippen molar-refractivity contribution in [2.45, 2.75) is 187 Å². The normalized spacial score (nSPS) is 28.0. The van der Waals surface area contributed by atoms with Gasteiger partial charge in [-0.2, -0.15) is 0 Å². The molecule has 1 amide bonds. The Kier molecular flexibility index (Phi) is 21.8. The van der Waals surface area contributed by atoms with Crippen LogP contribution in [0.5, 0.6) is 0 Å². The van der Waals surface area contributed by atoms with E-state index in [4.69, 9.17) is 28.4 Å². The van der Waals surface area contributed by atoms with E-state index in [0.717, 1.165) is 32.1 Å². The summed E-state index contributed by atoms with van der Waals surface area (Å²) in [5.74, 6) is -6.63. The first kappa shape index (κ1) is 63.5. The number of ether oxygens (including phenoxy) is 6. The minimum atomic E-state index is -2.35. The molecule has 1 aliphatic heterocycles. The molecule has 0 aromatic heterocycles. The highest BCUT2D eigenvalue weighted by Gasteiger charge is 2.78. The molecule has 3 aliphatic carbocycles. The van der Waals surface area contributed by atoms with Crippen LogP contribution in [0, 0.1) is 22.7 Å². The van der Waals surface area contributed by atoms with Gasteiger partial charge in [-0.05, 0) is 115 Å². The summed E-state index contributed by atoms with van der Waals surface area (Å²) < 4.78 is 37.2. The Bertz CT molecular complexity index is 2750. The smallest absolute Gasteiger partial charge is 0.408 e. The maximum atomic E-state index is 15.8. The number of alkyl carbamates (subject to hydrolysis) is 1. The lowest BCUT2D eigenvalue weighted by atomic mass is 9.44. The fraction of sp³-hybridized carbons (Fsp3) is 0.515. The molecular formula is C66H85NO14. The number of ketones is 1. The van der Waals surface area contributed by atoms with Crippen LogP contribution < -0.4 is 5.32 Å². The monoisotopic (exact) mass is 1120 g/mol. The van der Waals surface area contributed by atoms with Crippen molar-refractivity contribution in [2.75, 3.05) is 6.61 Å². The van der Waals surface area contributed by atoms with Crippen LogP contribution >= 0.6 is 0 Å². The molecule has 0 radical (unpaired) electrons. The summed E-state index contributed by atoms with van der Waals surface area (Å²) in [7, 11) is 0. The highest BCUT2D eigenvalue weighted by molar-refractivity contribution is 5.94. The number of nitrogens with one attached hydrogen (secondary N) is 1. The second-order valence-electron chi connectivity index (χ2n) is 23.3. The minimum Gasteiger partial charge on any atom is -0.461 e. The van der Waals surface area contributed by atoms with E-state index in [2.05, 4.69) is 66.9 Å². The number of esters is 4. The molecule has 2 aromatic rings. The number of carbonyl (C=O) groups is 6. The molecule has 3 N–H and O–H groups in total. The van der Waals surface area contributed by atoms with Gasteiger partial charge in [0.2, 0.25) is 0 Å². The van der Waals surface area contributed by atoms with E-state index >= 15 is 4.79 Å². The molecule has 11 atom stereocenters. The Labute approximate surface area is 478 Å². The lowest BCUT2D eigenvalue weighted by Gasteiger charge is -2.67. The molecule has 15 nitrogen and oxygen atoms in total. The highest BCUT2D eigenvalue weighted by Crippen LogP contribution is 2.64. The summed E-state index contributed by atoms with van der Waals surface area (Å²) in [5, 5.41) is 29.6. The molecule has 438 valence electrons.